The number of nitrogens with one attached hydrogen (secondary N) is 1. The van der Waals surface area contributed by atoms with Gasteiger partial charge in [-0.05, 0) is 66.5 Å². The monoisotopic (exact) mass is 669 g/mol. The second kappa shape index (κ2) is 13.7. The first-order valence-electron chi connectivity index (χ1n) is 16.4. The molecule has 48 heavy (non-hydrogen) atoms. The molecule has 3 aliphatic heterocycles. The Bertz CT molecular complexity index is 1920. The lowest BCUT2D eigenvalue weighted by molar-refractivity contribution is -0.135. The third-order valence-corrected chi connectivity index (χ3v) is 9.74. The van der Waals surface area contributed by atoms with E-state index in [0.29, 0.717) is 42.6 Å². The minimum absolute atomic E-state index is 0.0328. The number of fused-ring (bicyclic) bond motifs is 2. The SMILES string of the molecule is O=C(N[C@H](Cc1ccc(Cl)cc1)C(=O)N1CCC(c2ccccc2CN2CCCCC2=O)CC1)c1cc(=O)c2cc3c(cc2o1)OCO3. The van der Waals surface area contributed by atoms with Crippen LogP contribution < -0.4 is 20.2 Å². The van der Waals surface area contributed by atoms with E-state index < -0.39 is 17.4 Å². The van der Waals surface area contributed by atoms with Gasteiger partial charge in [-0.1, -0.05) is 48.0 Å². The van der Waals surface area contributed by atoms with Crippen molar-refractivity contribution in [3.63, 3.8) is 0 Å². The first kappa shape index (κ1) is 31.8. The Balaban J connectivity index is 1.07. The fraction of sp³-hybridized carbons (Fsp3) is 0.351. The Labute approximate surface area is 282 Å². The van der Waals surface area contributed by atoms with Crippen LogP contribution in [0.1, 0.15) is 65.3 Å². The molecule has 3 aliphatic rings. The normalized spacial score (nSPS) is 17.1. The van der Waals surface area contributed by atoms with E-state index in [1.54, 1.807) is 17.0 Å². The highest BCUT2D eigenvalue weighted by atomic mass is 35.5. The summed E-state index contributed by atoms with van der Waals surface area (Å²) in [6.45, 7) is 2.47. The molecule has 0 unspecified atom stereocenters. The van der Waals surface area contributed by atoms with Crippen molar-refractivity contribution in [1.29, 1.82) is 0 Å². The first-order valence-corrected chi connectivity index (χ1v) is 16.8. The van der Waals surface area contributed by atoms with Gasteiger partial charge in [-0.25, -0.2) is 0 Å². The number of nitrogens with zero attached hydrogens (tertiary/aromatic N) is 2. The second-order valence-electron chi connectivity index (χ2n) is 12.6. The van der Waals surface area contributed by atoms with Crippen LogP contribution >= 0.6 is 11.6 Å². The van der Waals surface area contributed by atoms with Crippen LogP contribution in [0.5, 0.6) is 11.5 Å². The number of hydrogen-bond donors (Lipinski definition) is 1. The van der Waals surface area contributed by atoms with E-state index in [2.05, 4.69) is 17.4 Å². The highest BCUT2D eigenvalue weighted by molar-refractivity contribution is 6.30. The van der Waals surface area contributed by atoms with Gasteiger partial charge in [-0.3, -0.25) is 19.2 Å². The molecule has 1 aromatic heterocycles. The molecular formula is C37H36ClN3O7. The van der Waals surface area contributed by atoms with Crippen molar-refractivity contribution >= 4 is 40.3 Å². The molecule has 248 valence electrons. The number of carbonyl (C=O) groups is 3. The number of piperidine rings is 2. The van der Waals surface area contributed by atoms with Crippen LogP contribution in [0.15, 0.2) is 75.9 Å². The van der Waals surface area contributed by atoms with E-state index in [9.17, 15) is 19.2 Å². The molecule has 0 saturated carbocycles. The van der Waals surface area contributed by atoms with Crippen LogP contribution in [0.2, 0.25) is 5.02 Å². The van der Waals surface area contributed by atoms with Crippen molar-refractivity contribution in [3.8, 4) is 11.5 Å². The van der Waals surface area contributed by atoms with Crippen molar-refractivity contribution in [3.05, 3.63) is 104 Å². The number of likely N-dealkylation sites (tertiary alicyclic amines) is 2. The Morgan fingerprint density at radius 2 is 1.67 bits per heavy atom. The van der Waals surface area contributed by atoms with Gasteiger partial charge in [0.15, 0.2) is 22.7 Å². The van der Waals surface area contributed by atoms with Gasteiger partial charge in [0, 0.05) is 56.2 Å². The zero-order valence-electron chi connectivity index (χ0n) is 26.4. The third kappa shape index (κ3) is 6.75. The summed E-state index contributed by atoms with van der Waals surface area (Å²) in [7, 11) is 0. The molecule has 4 aromatic rings. The number of carbonyl (C=O) groups excluding carboxylic acids is 3. The lowest BCUT2D eigenvalue weighted by atomic mass is 9.86. The molecule has 7 rings (SSSR count). The fourth-order valence-corrected chi connectivity index (χ4v) is 7.01. The van der Waals surface area contributed by atoms with Crippen LogP contribution in [0.4, 0.5) is 0 Å². The molecule has 0 spiro atoms. The third-order valence-electron chi connectivity index (χ3n) is 9.49. The number of ether oxygens (including phenoxy) is 2. The molecule has 10 nitrogen and oxygen atoms in total. The van der Waals surface area contributed by atoms with Crippen molar-refractivity contribution in [1.82, 2.24) is 15.1 Å². The quantitative estimate of drug-likeness (QED) is 0.266. The number of rotatable bonds is 8. The maximum absolute atomic E-state index is 14.1. The average molecular weight is 670 g/mol. The minimum atomic E-state index is -0.912. The van der Waals surface area contributed by atoms with Crippen molar-refractivity contribution in [2.24, 2.45) is 0 Å². The van der Waals surface area contributed by atoms with Crippen LogP contribution in [0.25, 0.3) is 11.0 Å². The molecule has 2 saturated heterocycles. The van der Waals surface area contributed by atoms with Gasteiger partial charge in [0.1, 0.15) is 11.6 Å². The average Bonchev–Trinajstić information content (AvgIpc) is 3.57. The van der Waals surface area contributed by atoms with Crippen molar-refractivity contribution in [2.45, 2.75) is 57.0 Å². The van der Waals surface area contributed by atoms with Gasteiger partial charge in [-0.15, -0.1) is 0 Å². The minimum Gasteiger partial charge on any atom is -0.454 e. The van der Waals surface area contributed by atoms with Crippen LogP contribution in [0, 0.1) is 0 Å². The van der Waals surface area contributed by atoms with E-state index >= 15 is 0 Å². The van der Waals surface area contributed by atoms with Gasteiger partial charge >= 0.3 is 0 Å². The summed E-state index contributed by atoms with van der Waals surface area (Å²) < 4.78 is 16.6. The molecule has 1 N–H and O–H groups in total. The standard InChI is InChI=1S/C37H36ClN3O7/c38-26-10-8-23(9-11-26)17-29(39-36(44)34-19-30(42)28-18-32-33(47-22-46-32)20-31(28)48-34)37(45)40-15-12-24(13-16-40)27-6-2-1-5-25(27)21-41-14-4-3-7-35(41)43/h1-2,5-6,8-11,18-20,24,29H,3-4,7,12-17,21-22H2,(H,39,44)/t29-/m1/s1. The molecule has 0 aliphatic carbocycles. The Kier molecular flexibility index (Phi) is 9.08. The molecule has 3 aromatic carbocycles. The van der Waals surface area contributed by atoms with E-state index in [1.807, 2.05) is 29.2 Å². The fourth-order valence-electron chi connectivity index (χ4n) is 6.88. The number of benzene rings is 3. The molecule has 1 atom stereocenters. The van der Waals surface area contributed by atoms with Gasteiger partial charge in [0.2, 0.25) is 18.6 Å². The zero-order valence-corrected chi connectivity index (χ0v) is 27.2. The Hall–Kier alpha value is -4.83. The first-order chi connectivity index (χ1) is 23.3. The summed E-state index contributed by atoms with van der Waals surface area (Å²) in [4.78, 5) is 56.8. The maximum Gasteiger partial charge on any atom is 0.287 e. The lowest BCUT2D eigenvalue weighted by Crippen LogP contribution is -2.51. The predicted molar refractivity (Wildman–Crippen MR) is 179 cm³/mol. The molecule has 11 heteroatoms. The maximum atomic E-state index is 14.1. The van der Waals surface area contributed by atoms with Crippen LogP contribution in [-0.4, -0.2) is 60.0 Å². The topological polar surface area (TPSA) is 118 Å². The smallest absolute Gasteiger partial charge is 0.287 e. The zero-order chi connectivity index (χ0) is 33.2. The predicted octanol–water partition coefficient (Wildman–Crippen LogP) is 5.43. The summed E-state index contributed by atoms with van der Waals surface area (Å²) in [5.41, 5.74) is 2.98. The molecule has 2 fully saturated rings. The molecule has 3 amide bonds. The number of halogens is 1. The summed E-state index contributed by atoms with van der Waals surface area (Å²) >= 11 is 6.11. The molecule has 0 radical (unpaired) electrons. The number of amides is 3. The van der Waals surface area contributed by atoms with E-state index in [4.69, 9.17) is 25.5 Å². The summed E-state index contributed by atoms with van der Waals surface area (Å²) in [5, 5.41) is 3.68. The highest BCUT2D eigenvalue weighted by Gasteiger charge is 2.32. The van der Waals surface area contributed by atoms with E-state index in [0.717, 1.165) is 49.4 Å². The number of hydrogen-bond acceptors (Lipinski definition) is 7. The second-order valence-corrected chi connectivity index (χ2v) is 13.0. The van der Waals surface area contributed by atoms with Gasteiger partial charge in [0.25, 0.3) is 5.91 Å². The van der Waals surface area contributed by atoms with Crippen molar-refractivity contribution in [2.75, 3.05) is 26.4 Å². The summed E-state index contributed by atoms with van der Waals surface area (Å²) in [5.74, 6) is 0.223. The van der Waals surface area contributed by atoms with E-state index in [1.165, 1.54) is 17.7 Å². The molecule has 0 bridgehead atoms. The Morgan fingerprint density at radius 1 is 0.917 bits per heavy atom. The van der Waals surface area contributed by atoms with Crippen LogP contribution in [0.3, 0.4) is 0 Å². The Morgan fingerprint density at radius 3 is 2.44 bits per heavy atom. The van der Waals surface area contributed by atoms with Gasteiger partial charge in [0.05, 0.1) is 5.39 Å². The summed E-state index contributed by atoms with van der Waals surface area (Å²) in [6.07, 6.45) is 4.33. The largest absolute Gasteiger partial charge is 0.454 e. The molecule has 4 heterocycles. The van der Waals surface area contributed by atoms with Crippen LogP contribution in [-0.2, 0) is 22.6 Å². The van der Waals surface area contributed by atoms with Crippen molar-refractivity contribution < 1.29 is 28.3 Å². The van der Waals surface area contributed by atoms with Gasteiger partial charge < -0.3 is 29.0 Å². The lowest BCUT2D eigenvalue weighted by Gasteiger charge is -2.36. The summed E-state index contributed by atoms with van der Waals surface area (Å²) in [6, 6.07) is 18.7. The van der Waals surface area contributed by atoms with Gasteiger partial charge in [-0.2, -0.15) is 0 Å². The highest BCUT2D eigenvalue weighted by Crippen LogP contribution is 2.35. The molecular weight excluding hydrogens is 634 g/mol. The van der Waals surface area contributed by atoms with E-state index in [-0.39, 0.29) is 47.7 Å².